The highest BCUT2D eigenvalue weighted by atomic mass is 16.6. The van der Waals surface area contributed by atoms with Crippen LogP contribution >= 0.6 is 0 Å². The van der Waals surface area contributed by atoms with Crippen molar-refractivity contribution in [1.29, 1.82) is 0 Å². The normalized spacial score (nSPS) is 22.5. The van der Waals surface area contributed by atoms with Gasteiger partial charge in [0.25, 0.3) is 0 Å². The molecule has 5 nitrogen and oxygen atoms in total. The van der Waals surface area contributed by atoms with Gasteiger partial charge in [-0.2, -0.15) is 0 Å². The summed E-state index contributed by atoms with van der Waals surface area (Å²) < 4.78 is 5.32. The van der Waals surface area contributed by atoms with Crippen molar-refractivity contribution in [2.45, 2.75) is 51.3 Å². The Kier molecular flexibility index (Phi) is 4.32. The Bertz CT molecular complexity index is 522. The molecule has 0 radical (unpaired) electrons. The van der Waals surface area contributed by atoms with Crippen LogP contribution < -0.4 is 5.73 Å². The van der Waals surface area contributed by atoms with Crippen LogP contribution in [0.4, 0.5) is 4.79 Å². The average molecular weight is 290 g/mol. The van der Waals surface area contributed by atoms with Crippen molar-refractivity contribution in [1.82, 2.24) is 4.90 Å². The van der Waals surface area contributed by atoms with Crippen molar-refractivity contribution in [3.05, 3.63) is 35.9 Å². The number of amides is 2. The molecular formula is C16H22N2O3. The first-order chi connectivity index (χ1) is 9.78. The Morgan fingerprint density at radius 2 is 1.95 bits per heavy atom. The van der Waals surface area contributed by atoms with E-state index in [0.717, 1.165) is 5.56 Å². The summed E-state index contributed by atoms with van der Waals surface area (Å²) in [6.45, 7) is 5.33. The Balaban J connectivity index is 2.17. The molecule has 1 saturated heterocycles. The van der Waals surface area contributed by atoms with Gasteiger partial charge in [-0.1, -0.05) is 30.3 Å². The first-order valence-corrected chi connectivity index (χ1v) is 7.12. The number of hydrogen-bond acceptors (Lipinski definition) is 4. The van der Waals surface area contributed by atoms with E-state index in [2.05, 4.69) is 0 Å². The average Bonchev–Trinajstić information content (AvgIpc) is 2.63. The highest BCUT2D eigenvalue weighted by Crippen LogP contribution is 2.24. The minimum Gasteiger partial charge on any atom is -0.443 e. The van der Waals surface area contributed by atoms with E-state index in [1.165, 1.54) is 4.90 Å². The molecule has 114 valence electrons. The minimum atomic E-state index is -0.638. The molecule has 0 unspecified atom stereocenters. The quantitative estimate of drug-likeness (QED) is 0.905. The lowest BCUT2D eigenvalue weighted by Gasteiger charge is -2.28. The van der Waals surface area contributed by atoms with E-state index in [-0.39, 0.29) is 24.4 Å². The molecule has 2 atom stereocenters. The standard InChI is InChI=1S/C16H22N2O3/c1-16(2,3)21-15(20)18-13(12(17)10-14(18)19)9-11-7-5-4-6-8-11/h4-8,12-13H,9-10,17H2,1-3H3/t12-,13-/m0/s1. The van der Waals surface area contributed by atoms with Gasteiger partial charge >= 0.3 is 6.09 Å². The monoisotopic (exact) mass is 290 g/mol. The van der Waals surface area contributed by atoms with Crippen LogP contribution in [0.2, 0.25) is 0 Å². The molecule has 1 fully saturated rings. The van der Waals surface area contributed by atoms with Crippen molar-refractivity contribution in [3.63, 3.8) is 0 Å². The van der Waals surface area contributed by atoms with Crippen molar-refractivity contribution in [2.24, 2.45) is 5.73 Å². The summed E-state index contributed by atoms with van der Waals surface area (Å²) in [6, 6.07) is 8.99. The van der Waals surface area contributed by atoms with Gasteiger partial charge in [0.05, 0.1) is 6.04 Å². The zero-order chi connectivity index (χ0) is 15.6. The van der Waals surface area contributed by atoms with Crippen LogP contribution in [0.25, 0.3) is 0 Å². The maximum Gasteiger partial charge on any atom is 0.417 e. The summed E-state index contributed by atoms with van der Waals surface area (Å²) in [5.41, 5.74) is 6.44. The molecule has 1 heterocycles. The first kappa shape index (κ1) is 15.5. The van der Waals surface area contributed by atoms with Crippen molar-refractivity contribution in [2.75, 3.05) is 0 Å². The molecule has 2 N–H and O–H groups in total. The fourth-order valence-electron chi connectivity index (χ4n) is 2.46. The number of imide groups is 1. The molecule has 5 heteroatoms. The molecule has 1 aliphatic heterocycles. The second-order valence-corrected chi connectivity index (χ2v) is 6.37. The SMILES string of the molecule is CC(C)(C)OC(=O)N1C(=O)C[C@H](N)[C@@H]1Cc1ccccc1. The summed E-state index contributed by atoms with van der Waals surface area (Å²) in [6.07, 6.45) is 0.116. The van der Waals surface area contributed by atoms with Gasteiger partial charge in [0.15, 0.2) is 0 Å². The van der Waals surface area contributed by atoms with E-state index in [4.69, 9.17) is 10.5 Å². The molecule has 0 spiro atoms. The zero-order valence-electron chi connectivity index (χ0n) is 12.7. The molecule has 0 aliphatic carbocycles. The number of hydrogen-bond donors (Lipinski definition) is 1. The smallest absolute Gasteiger partial charge is 0.417 e. The minimum absolute atomic E-state index is 0.177. The van der Waals surface area contributed by atoms with Crippen LogP contribution in [0.1, 0.15) is 32.8 Å². The van der Waals surface area contributed by atoms with Gasteiger partial charge in [-0.05, 0) is 32.8 Å². The number of rotatable bonds is 2. The summed E-state index contributed by atoms with van der Waals surface area (Å²) in [5.74, 6) is -0.266. The van der Waals surface area contributed by atoms with Gasteiger partial charge in [-0.3, -0.25) is 4.79 Å². The Labute approximate surface area is 125 Å². The first-order valence-electron chi connectivity index (χ1n) is 7.12. The van der Waals surface area contributed by atoms with Crippen LogP contribution in [0, 0.1) is 0 Å². The number of carbonyl (C=O) groups excluding carboxylic acids is 2. The number of nitrogens with zero attached hydrogens (tertiary/aromatic N) is 1. The predicted octanol–water partition coefficient (Wildman–Crippen LogP) is 2.09. The number of likely N-dealkylation sites (tertiary alicyclic amines) is 1. The van der Waals surface area contributed by atoms with Gasteiger partial charge in [0, 0.05) is 12.5 Å². The van der Waals surface area contributed by atoms with Crippen LogP contribution in [0.5, 0.6) is 0 Å². The third-order valence-electron chi connectivity index (χ3n) is 3.38. The third-order valence-corrected chi connectivity index (χ3v) is 3.38. The van der Waals surface area contributed by atoms with Gasteiger partial charge in [-0.25, -0.2) is 9.69 Å². The molecule has 2 amide bonds. The van der Waals surface area contributed by atoms with E-state index in [9.17, 15) is 9.59 Å². The molecular weight excluding hydrogens is 268 g/mol. The Hall–Kier alpha value is -1.88. The largest absolute Gasteiger partial charge is 0.443 e. The van der Waals surface area contributed by atoms with E-state index in [1.54, 1.807) is 20.8 Å². The van der Waals surface area contributed by atoms with Gasteiger partial charge in [0.2, 0.25) is 5.91 Å². The van der Waals surface area contributed by atoms with Crippen molar-refractivity contribution < 1.29 is 14.3 Å². The number of ether oxygens (including phenoxy) is 1. The van der Waals surface area contributed by atoms with E-state index in [1.807, 2.05) is 30.3 Å². The Morgan fingerprint density at radius 3 is 2.52 bits per heavy atom. The Morgan fingerprint density at radius 1 is 1.33 bits per heavy atom. The van der Waals surface area contributed by atoms with Gasteiger partial charge in [0.1, 0.15) is 5.60 Å². The highest BCUT2D eigenvalue weighted by molar-refractivity contribution is 5.95. The van der Waals surface area contributed by atoms with Crippen LogP contribution in [0.15, 0.2) is 30.3 Å². The molecule has 21 heavy (non-hydrogen) atoms. The maximum absolute atomic E-state index is 12.2. The lowest BCUT2D eigenvalue weighted by atomic mass is 10.0. The summed E-state index contributed by atoms with van der Waals surface area (Å²) in [7, 11) is 0. The summed E-state index contributed by atoms with van der Waals surface area (Å²) in [5, 5.41) is 0. The zero-order valence-corrected chi connectivity index (χ0v) is 12.7. The lowest BCUT2D eigenvalue weighted by Crippen LogP contribution is -2.47. The molecule has 0 saturated carbocycles. The maximum atomic E-state index is 12.2. The molecule has 1 aromatic carbocycles. The molecule has 0 aromatic heterocycles. The third kappa shape index (κ3) is 3.82. The molecule has 1 aliphatic rings. The topological polar surface area (TPSA) is 72.6 Å². The summed E-state index contributed by atoms with van der Waals surface area (Å²) >= 11 is 0. The van der Waals surface area contributed by atoms with Crippen LogP contribution in [-0.4, -0.2) is 34.6 Å². The fraction of sp³-hybridized carbons (Fsp3) is 0.500. The summed E-state index contributed by atoms with van der Waals surface area (Å²) in [4.78, 5) is 25.5. The van der Waals surface area contributed by atoms with E-state index < -0.39 is 11.7 Å². The van der Waals surface area contributed by atoms with Gasteiger partial charge < -0.3 is 10.5 Å². The molecule has 0 bridgehead atoms. The van der Waals surface area contributed by atoms with Crippen molar-refractivity contribution in [3.8, 4) is 0 Å². The predicted molar refractivity (Wildman–Crippen MR) is 79.6 cm³/mol. The second kappa shape index (κ2) is 5.85. The molecule has 1 aromatic rings. The highest BCUT2D eigenvalue weighted by Gasteiger charge is 2.43. The van der Waals surface area contributed by atoms with E-state index >= 15 is 0 Å². The number of carbonyl (C=O) groups is 2. The number of nitrogens with two attached hydrogens (primary N) is 1. The molecule has 2 rings (SSSR count). The van der Waals surface area contributed by atoms with Crippen LogP contribution in [-0.2, 0) is 16.0 Å². The second-order valence-electron chi connectivity index (χ2n) is 6.37. The number of benzene rings is 1. The van der Waals surface area contributed by atoms with Gasteiger partial charge in [-0.15, -0.1) is 0 Å². The fourth-order valence-corrected chi connectivity index (χ4v) is 2.46. The van der Waals surface area contributed by atoms with E-state index in [0.29, 0.717) is 6.42 Å². The van der Waals surface area contributed by atoms with Crippen LogP contribution in [0.3, 0.4) is 0 Å². The van der Waals surface area contributed by atoms with Crippen molar-refractivity contribution >= 4 is 12.0 Å². The lowest BCUT2D eigenvalue weighted by molar-refractivity contribution is -0.128.